The number of ether oxygens (including phenoxy) is 1. The average molecular weight is 357 g/mol. The highest BCUT2D eigenvalue weighted by Crippen LogP contribution is 2.25. The fourth-order valence-corrected chi connectivity index (χ4v) is 3.18. The van der Waals surface area contributed by atoms with Crippen LogP contribution in [0.5, 0.6) is 5.75 Å². The van der Waals surface area contributed by atoms with Crippen LogP contribution in [0.15, 0.2) is 53.7 Å². The third-order valence-corrected chi connectivity index (χ3v) is 4.86. The van der Waals surface area contributed by atoms with Gasteiger partial charge in [-0.05, 0) is 31.2 Å². The maximum atomic E-state index is 11.8. The summed E-state index contributed by atoms with van der Waals surface area (Å²) in [4.78, 5) is 8.70. The van der Waals surface area contributed by atoms with Gasteiger partial charge in [0.25, 0.3) is 0 Å². The van der Waals surface area contributed by atoms with E-state index in [9.17, 15) is 8.42 Å². The molecule has 0 amide bonds. The first-order valence-electron chi connectivity index (χ1n) is 7.88. The number of anilines is 1. The Labute approximate surface area is 146 Å². The van der Waals surface area contributed by atoms with Gasteiger partial charge in [0.15, 0.2) is 9.84 Å². The van der Waals surface area contributed by atoms with Crippen molar-refractivity contribution in [2.45, 2.75) is 18.4 Å². The molecule has 0 aliphatic heterocycles. The minimum atomic E-state index is -3.30. The molecule has 2 aromatic carbocycles. The van der Waals surface area contributed by atoms with Crippen LogP contribution in [0.25, 0.3) is 10.9 Å². The summed E-state index contributed by atoms with van der Waals surface area (Å²) in [7, 11) is -3.30. The van der Waals surface area contributed by atoms with E-state index in [2.05, 4.69) is 15.3 Å². The molecule has 7 heteroatoms. The van der Waals surface area contributed by atoms with Gasteiger partial charge in [-0.1, -0.05) is 18.2 Å². The zero-order valence-corrected chi connectivity index (χ0v) is 14.9. The van der Waals surface area contributed by atoms with Crippen molar-refractivity contribution >= 4 is 26.6 Å². The van der Waals surface area contributed by atoms with Gasteiger partial charge in [0.1, 0.15) is 17.9 Å². The molecular formula is C18H19N3O3S. The van der Waals surface area contributed by atoms with E-state index in [-0.39, 0.29) is 4.90 Å². The van der Waals surface area contributed by atoms with E-state index in [0.29, 0.717) is 29.9 Å². The van der Waals surface area contributed by atoms with E-state index in [1.807, 2.05) is 31.2 Å². The van der Waals surface area contributed by atoms with E-state index in [1.165, 1.54) is 12.6 Å². The monoisotopic (exact) mass is 357 g/mol. The van der Waals surface area contributed by atoms with Crippen LogP contribution in [-0.2, 0) is 16.4 Å². The lowest BCUT2D eigenvalue weighted by molar-refractivity contribution is 0.337. The summed E-state index contributed by atoms with van der Waals surface area (Å²) in [6.07, 6.45) is 2.64. The molecule has 0 atom stereocenters. The molecule has 0 spiro atoms. The molecule has 0 fully saturated rings. The molecule has 1 aromatic heterocycles. The van der Waals surface area contributed by atoms with E-state index in [0.717, 1.165) is 11.3 Å². The molecule has 25 heavy (non-hydrogen) atoms. The van der Waals surface area contributed by atoms with Crippen molar-refractivity contribution in [3.63, 3.8) is 0 Å². The third-order valence-electron chi connectivity index (χ3n) is 3.75. The maximum Gasteiger partial charge on any atom is 0.175 e. The molecule has 3 rings (SSSR count). The molecule has 0 unspecified atom stereocenters. The van der Waals surface area contributed by atoms with Crippen LogP contribution in [0.1, 0.15) is 12.5 Å². The van der Waals surface area contributed by atoms with Crippen molar-refractivity contribution in [2.24, 2.45) is 0 Å². The van der Waals surface area contributed by atoms with Gasteiger partial charge < -0.3 is 10.1 Å². The fraction of sp³-hybridized carbons (Fsp3) is 0.222. The molecular weight excluding hydrogens is 338 g/mol. The second-order valence-electron chi connectivity index (χ2n) is 5.57. The molecule has 0 saturated carbocycles. The minimum absolute atomic E-state index is 0.243. The second-order valence-corrected chi connectivity index (χ2v) is 7.58. The summed E-state index contributed by atoms with van der Waals surface area (Å²) >= 11 is 0. The van der Waals surface area contributed by atoms with Crippen LogP contribution < -0.4 is 10.1 Å². The van der Waals surface area contributed by atoms with Crippen molar-refractivity contribution in [1.29, 1.82) is 0 Å². The fourth-order valence-electron chi connectivity index (χ4n) is 2.53. The highest BCUT2D eigenvalue weighted by molar-refractivity contribution is 7.90. The number of aromatic nitrogens is 2. The van der Waals surface area contributed by atoms with Crippen molar-refractivity contribution in [2.75, 3.05) is 18.2 Å². The van der Waals surface area contributed by atoms with Gasteiger partial charge in [-0.25, -0.2) is 18.4 Å². The van der Waals surface area contributed by atoms with Crippen LogP contribution in [0.2, 0.25) is 0 Å². The largest absolute Gasteiger partial charge is 0.494 e. The summed E-state index contributed by atoms with van der Waals surface area (Å²) in [5.74, 6) is 1.40. The summed E-state index contributed by atoms with van der Waals surface area (Å²) in [6, 6.07) is 12.6. The summed E-state index contributed by atoms with van der Waals surface area (Å²) in [5, 5.41) is 3.92. The van der Waals surface area contributed by atoms with E-state index >= 15 is 0 Å². The van der Waals surface area contributed by atoms with Gasteiger partial charge in [0.05, 0.1) is 17.0 Å². The molecule has 1 heterocycles. The quantitative estimate of drug-likeness (QED) is 0.730. The van der Waals surface area contributed by atoms with Crippen LogP contribution in [0.3, 0.4) is 0 Å². The highest BCUT2D eigenvalue weighted by atomic mass is 32.2. The number of hydrogen-bond donors (Lipinski definition) is 1. The number of benzene rings is 2. The first-order chi connectivity index (χ1) is 12.0. The van der Waals surface area contributed by atoms with Crippen LogP contribution in [-0.4, -0.2) is 31.2 Å². The number of sulfone groups is 1. The lowest BCUT2D eigenvalue weighted by Crippen LogP contribution is -2.05. The first-order valence-corrected chi connectivity index (χ1v) is 9.77. The molecule has 0 bridgehead atoms. The van der Waals surface area contributed by atoms with E-state index in [1.54, 1.807) is 18.2 Å². The van der Waals surface area contributed by atoms with Crippen LogP contribution in [0.4, 0.5) is 5.82 Å². The van der Waals surface area contributed by atoms with Crippen LogP contribution >= 0.6 is 0 Å². The maximum absolute atomic E-state index is 11.8. The Balaban J connectivity index is 1.94. The van der Waals surface area contributed by atoms with Gasteiger partial charge in [0, 0.05) is 23.8 Å². The average Bonchev–Trinajstić information content (AvgIpc) is 2.60. The zero-order chi connectivity index (χ0) is 17.9. The summed E-state index contributed by atoms with van der Waals surface area (Å²) < 4.78 is 29.2. The van der Waals surface area contributed by atoms with Gasteiger partial charge in [-0.3, -0.25) is 0 Å². The van der Waals surface area contributed by atoms with Crippen molar-refractivity contribution in [1.82, 2.24) is 9.97 Å². The SMILES string of the molecule is CCOc1ccccc1CNc1ncnc2ccc(S(C)(=O)=O)cc12. The molecule has 0 radical (unpaired) electrons. The Morgan fingerprint density at radius 3 is 2.68 bits per heavy atom. The predicted octanol–water partition coefficient (Wildman–Crippen LogP) is 3.04. The van der Waals surface area contributed by atoms with Crippen molar-refractivity contribution < 1.29 is 13.2 Å². The number of fused-ring (bicyclic) bond motifs is 1. The topological polar surface area (TPSA) is 81.2 Å². The smallest absolute Gasteiger partial charge is 0.175 e. The predicted molar refractivity (Wildman–Crippen MR) is 97.6 cm³/mol. The van der Waals surface area contributed by atoms with Gasteiger partial charge in [-0.15, -0.1) is 0 Å². The number of para-hydroxylation sites is 1. The minimum Gasteiger partial charge on any atom is -0.494 e. The molecule has 130 valence electrons. The Bertz CT molecular complexity index is 1000. The Morgan fingerprint density at radius 2 is 1.92 bits per heavy atom. The zero-order valence-electron chi connectivity index (χ0n) is 14.1. The van der Waals surface area contributed by atoms with Gasteiger partial charge in [0.2, 0.25) is 0 Å². The van der Waals surface area contributed by atoms with E-state index < -0.39 is 9.84 Å². The second kappa shape index (κ2) is 7.06. The number of nitrogens with one attached hydrogen (secondary N) is 1. The summed E-state index contributed by atoms with van der Waals surface area (Å²) in [6.45, 7) is 3.03. The van der Waals surface area contributed by atoms with Crippen molar-refractivity contribution in [3.8, 4) is 5.75 Å². The Kier molecular flexibility index (Phi) is 4.85. The number of nitrogens with zero attached hydrogens (tertiary/aromatic N) is 2. The Morgan fingerprint density at radius 1 is 1.12 bits per heavy atom. The number of rotatable bonds is 6. The Hall–Kier alpha value is -2.67. The standard InChI is InChI=1S/C18H19N3O3S/c1-3-24-17-7-5-4-6-13(17)11-19-18-15-10-14(25(2,22)23)8-9-16(15)20-12-21-18/h4-10,12H,3,11H2,1-2H3,(H,19,20,21). The van der Waals surface area contributed by atoms with E-state index in [4.69, 9.17) is 4.74 Å². The van der Waals surface area contributed by atoms with Gasteiger partial charge >= 0.3 is 0 Å². The van der Waals surface area contributed by atoms with Gasteiger partial charge in [-0.2, -0.15) is 0 Å². The normalized spacial score (nSPS) is 11.4. The molecule has 0 aliphatic rings. The molecule has 6 nitrogen and oxygen atoms in total. The molecule has 3 aromatic rings. The molecule has 0 aliphatic carbocycles. The lowest BCUT2D eigenvalue weighted by Gasteiger charge is -2.12. The molecule has 0 saturated heterocycles. The molecule has 1 N–H and O–H groups in total. The number of hydrogen-bond acceptors (Lipinski definition) is 6. The van der Waals surface area contributed by atoms with Crippen molar-refractivity contribution in [3.05, 3.63) is 54.4 Å². The highest BCUT2D eigenvalue weighted by Gasteiger charge is 2.11. The lowest BCUT2D eigenvalue weighted by atomic mass is 10.2. The first kappa shape index (κ1) is 17.2. The third kappa shape index (κ3) is 3.88. The summed E-state index contributed by atoms with van der Waals surface area (Å²) in [5.41, 5.74) is 1.68. The van der Waals surface area contributed by atoms with Crippen LogP contribution in [0, 0.1) is 0 Å².